The molecule has 0 N–H and O–H groups in total. The summed E-state index contributed by atoms with van der Waals surface area (Å²) in [5.41, 5.74) is 0.299. The van der Waals surface area contributed by atoms with E-state index in [1.54, 1.807) is 7.11 Å². The van der Waals surface area contributed by atoms with Crippen molar-refractivity contribution in [3.8, 4) is 0 Å². The monoisotopic (exact) mass is 188 g/mol. The average molecular weight is 188 g/mol. The smallest absolute Gasteiger partial charge is 0.0776 e. The molecule has 1 aliphatic heterocycles. The minimum absolute atomic E-state index is 0.190. The third-order valence-corrected chi connectivity index (χ3v) is 2.73. The molecule has 1 heterocycles. The van der Waals surface area contributed by atoms with Crippen LogP contribution < -0.4 is 0 Å². The molecule has 13 heavy (non-hydrogen) atoms. The summed E-state index contributed by atoms with van der Waals surface area (Å²) in [6, 6.07) is 0. The van der Waals surface area contributed by atoms with Crippen LogP contribution in [0.25, 0.3) is 0 Å². The van der Waals surface area contributed by atoms with E-state index in [1.807, 2.05) is 6.92 Å². The molecule has 1 fully saturated rings. The lowest BCUT2D eigenvalue weighted by Crippen LogP contribution is -2.46. The Morgan fingerprint density at radius 2 is 2.15 bits per heavy atom. The van der Waals surface area contributed by atoms with Gasteiger partial charge in [0.2, 0.25) is 0 Å². The van der Waals surface area contributed by atoms with Crippen LogP contribution in [0.2, 0.25) is 0 Å². The zero-order chi connectivity index (χ0) is 9.73. The predicted octanol–water partition coefficient (Wildman–Crippen LogP) is 1.46. The van der Waals surface area contributed by atoms with Gasteiger partial charge in [-0.1, -0.05) is 6.92 Å². The van der Waals surface area contributed by atoms with Gasteiger partial charge in [0.1, 0.15) is 0 Å². The first-order chi connectivity index (χ1) is 6.22. The second-order valence-electron chi connectivity index (χ2n) is 3.91. The Balaban J connectivity index is 2.10. The molecule has 1 atom stereocenters. The SMILES string of the molecule is CCC1(COCC(C)OC)COC1. The lowest BCUT2D eigenvalue weighted by molar-refractivity contribution is -0.155. The number of methoxy groups -OCH3 is 1. The third kappa shape index (κ3) is 2.93. The summed E-state index contributed by atoms with van der Waals surface area (Å²) in [5.74, 6) is 0. The molecule has 3 nitrogen and oxygen atoms in total. The molecule has 0 saturated carbocycles. The highest BCUT2D eigenvalue weighted by Crippen LogP contribution is 2.31. The highest BCUT2D eigenvalue weighted by atomic mass is 16.5. The van der Waals surface area contributed by atoms with Gasteiger partial charge in [-0.25, -0.2) is 0 Å². The van der Waals surface area contributed by atoms with E-state index in [2.05, 4.69) is 6.92 Å². The first kappa shape index (κ1) is 11.0. The van der Waals surface area contributed by atoms with E-state index in [0.717, 1.165) is 26.2 Å². The van der Waals surface area contributed by atoms with Crippen molar-refractivity contribution in [2.24, 2.45) is 5.41 Å². The fraction of sp³-hybridized carbons (Fsp3) is 1.00. The van der Waals surface area contributed by atoms with Crippen LogP contribution in [0.3, 0.4) is 0 Å². The van der Waals surface area contributed by atoms with E-state index in [4.69, 9.17) is 14.2 Å². The quantitative estimate of drug-likeness (QED) is 0.631. The fourth-order valence-electron chi connectivity index (χ4n) is 1.29. The molecule has 1 saturated heterocycles. The van der Waals surface area contributed by atoms with E-state index >= 15 is 0 Å². The molecule has 0 aromatic carbocycles. The molecule has 0 aliphatic carbocycles. The Morgan fingerprint density at radius 1 is 1.46 bits per heavy atom. The van der Waals surface area contributed by atoms with E-state index in [9.17, 15) is 0 Å². The summed E-state index contributed by atoms with van der Waals surface area (Å²) in [6.45, 7) is 7.38. The molecule has 0 spiro atoms. The third-order valence-electron chi connectivity index (χ3n) is 2.73. The summed E-state index contributed by atoms with van der Waals surface area (Å²) < 4.78 is 15.9. The molecule has 1 aliphatic rings. The maximum Gasteiger partial charge on any atom is 0.0776 e. The second kappa shape index (κ2) is 4.94. The lowest BCUT2D eigenvalue weighted by Gasteiger charge is -2.40. The Labute approximate surface area is 80.4 Å². The summed E-state index contributed by atoms with van der Waals surface area (Å²) in [5, 5.41) is 0. The second-order valence-corrected chi connectivity index (χ2v) is 3.91. The van der Waals surface area contributed by atoms with Crippen LogP contribution in [0.15, 0.2) is 0 Å². The van der Waals surface area contributed by atoms with Crippen LogP contribution in [0.4, 0.5) is 0 Å². The van der Waals surface area contributed by atoms with Gasteiger partial charge >= 0.3 is 0 Å². The van der Waals surface area contributed by atoms with E-state index in [0.29, 0.717) is 12.0 Å². The van der Waals surface area contributed by atoms with Gasteiger partial charge in [-0.05, 0) is 13.3 Å². The summed E-state index contributed by atoms with van der Waals surface area (Å²) in [6.07, 6.45) is 1.32. The maximum atomic E-state index is 5.58. The zero-order valence-corrected chi connectivity index (χ0v) is 8.84. The molecule has 1 unspecified atom stereocenters. The van der Waals surface area contributed by atoms with Crippen molar-refractivity contribution >= 4 is 0 Å². The first-order valence-electron chi connectivity index (χ1n) is 4.91. The molecule has 0 aromatic rings. The van der Waals surface area contributed by atoms with Crippen LogP contribution in [0.5, 0.6) is 0 Å². The van der Waals surface area contributed by atoms with Gasteiger partial charge in [-0.2, -0.15) is 0 Å². The van der Waals surface area contributed by atoms with Crippen molar-refractivity contribution in [2.75, 3.05) is 33.5 Å². The maximum absolute atomic E-state index is 5.58. The summed E-state index contributed by atoms with van der Waals surface area (Å²) in [4.78, 5) is 0. The van der Waals surface area contributed by atoms with Crippen molar-refractivity contribution in [1.29, 1.82) is 0 Å². The molecule has 0 amide bonds. The van der Waals surface area contributed by atoms with Crippen molar-refractivity contribution in [3.05, 3.63) is 0 Å². The van der Waals surface area contributed by atoms with Gasteiger partial charge in [-0.3, -0.25) is 0 Å². The normalized spacial score (nSPS) is 22.4. The van der Waals surface area contributed by atoms with Crippen molar-refractivity contribution in [3.63, 3.8) is 0 Å². The van der Waals surface area contributed by atoms with Crippen LogP contribution >= 0.6 is 0 Å². The minimum atomic E-state index is 0.190. The summed E-state index contributed by atoms with van der Waals surface area (Å²) in [7, 11) is 1.70. The van der Waals surface area contributed by atoms with Crippen molar-refractivity contribution < 1.29 is 14.2 Å². The molecule has 3 heteroatoms. The molecule has 0 aromatic heterocycles. The van der Waals surface area contributed by atoms with Crippen molar-refractivity contribution in [1.82, 2.24) is 0 Å². The molecule has 1 rings (SSSR count). The average Bonchev–Trinajstić information content (AvgIpc) is 2.09. The Bertz CT molecular complexity index is 138. The van der Waals surface area contributed by atoms with E-state index in [-0.39, 0.29) is 6.10 Å². The highest BCUT2D eigenvalue weighted by Gasteiger charge is 2.36. The fourth-order valence-corrected chi connectivity index (χ4v) is 1.29. The molecular weight excluding hydrogens is 168 g/mol. The predicted molar refractivity (Wildman–Crippen MR) is 50.8 cm³/mol. The Morgan fingerprint density at radius 3 is 2.54 bits per heavy atom. The molecule has 0 radical (unpaired) electrons. The van der Waals surface area contributed by atoms with Crippen LogP contribution in [-0.2, 0) is 14.2 Å². The number of rotatable bonds is 6. The number of hydrogen-bond acceptors (Lipinski definition) is 3. The standard InChI is InChI=1S/C10H20O3/c1-4-10(7-13-8-10)6-12-5-9(2)11-3/h9H,4-8H2,1-3H3. The molecule has 78 valence electrons. The van der Waals surface area contributed by atoms with Crippen molar-refractivity contribution in [2.45, 2.75) is 26.4 Å². The summed E-state index contributed by atoms with van der Waals surface area (Å²) >= 11 is 0. The molecule has 0 bridgehead atoms. The first-order valence-corrected chi connectivity index (χ1v) is 4.91. The van der Waals surface area contributed by atoms with Crippen LogP contribution in [0.1, 0.15) is 20.3 Å². The van der Waals surface area contributed by atoms with Gasteiger partial charge < -0.3 is 14.2 Å². The van der Waals surface area contributed by atoms with Gasteiger partial charge in [0.25, 0.3) is 0 Å². The van der Waals surface area contributed by atoms with Gasteiger partial charge in [0, 0.05) is 12.5 Å². The number of ether oxygens (including phenoxy) is 3. The lowest BCUT2D eigenvalue weighted by atomic mass is 9.84. The largest absolute Gasteiger partial charge is 0.380 e. The highest BCUT2D eigenvalue weighted by molar-refractivity contribution is 4.83. The Hall–Kier alpha value is -0.120. The van der Waals surface area contributed by atoms with Gasteiger partial charge in [0.15, 0.2) is 0 Å². The van der Waals surface area contributed by atoms with E-state index < -0.39 is 0 Å². The van der Waals surface area contributed by atoms with Gasteiger partial charge in [-0.15, -0.1) is 0 Å². The minimum Gasteiger partial charge on any atom is -0.380 e. The van der Waals surface area contributed by atoms with Crippen LogP contribution in [-0.4, -0.2) is 39.6 Å². The Kier molecular flexibility index (Phi) is 4.16. The van der Waals surface area contributed by atoms with E-state index in [1.165, 1.54) is 0 Å². The molecular formula is C10H20O3. The van der Waals surface area contributed by atoms with Crippen LogP contribution in [0, 0.1) is 5.41 Å². The zero-order valence-electron chi connectivity index (χ0n) is 8.84. The number of hydrogen-bond donors (Lipinski definition) is 0. The van der Waals surface area contributed by atoms with Gasteiger partial charge in [0.05, 0.1) is 32.5 Å². The topological polar surface area (TPSA) is 27.7 Å².